The van der Waals surface area contributed by atoms with Crippen LogP contribution in [0.5, 0.6) is 5.88 Å². The summed E-state index contributed by atoms with van der Waals surface area (Å²) in [5, 5.41) is 8.68. The fraction of sp³-hybridized carbons (Fsp3) is 0.400. The molecule has 2 rings (SSSR count). The van der Waals surface area contributed by atoms with E-state index >= 15 is 0 Å². The third kappa shape index (κ3) is 1.94. The average molecular weight is 189 g/mol. The van der Waals surface area contributed by atoms with Crippen molar-refractivity contribution in [1.29, 1.82) is 5.26 Å². The molecule has 0 saturated heterocycles. The lowest BCUT2D eigenvalue weighted by atomic mass is 10.3. The van der Waals surface area contributed by atoms with Gasteiger partial charge in [0.2, 0.25) is 5.88 Å². The monoisotopic (exact) mass is 189 g/mol. The second kappa shape index (κ2) is 3.54. The summed E-state index contributed by atoms with van der Waals surface area (Å²) in [7, 11) is 0. The topological polar surface area (TPSA) is 71.9 Å². The number of nitrogens with zero attached hydrogens (tertiary/aromatic N) is 2. The van der Waals surface area contributed by atoms with E-state index in [1.165, 1.54) is 12.8 Å². The molecule has 0 atom stereocenters. The van der Waals surface area contributed by atoms with Crippen LogP contribution in [0.2, 0.25) is 0 Å². The van der Waals surface area contributed by atoms with E-state index in [4.69, 9.17) is 15.7 Å². The van der Waals surface area contributed by atoms with Gasteiger partial charge >= 0.3 is 0 Å². The van der Waals surface area contributed by atoms with Crippen molar-refractivity contribution < 1.29 is 4.74 Å². The van der Waals surface area contributed by atoms with Gasteiger partial charge in [-0.1, -0.05) is 0 Å². The largest absolute Gasteiger partial charge is 0.477 e. The van der Waals surface area contributed by atoms with E-state index in [-0.39, 0.29) is 5.69 Å². The Morgan fingerprint density at radius 1 is 1.57 bits per heavy atom. The lowest BCUT2D eigenvalue weighted by Gasteiger charge is -2.04. The van der Waals surface area contributed by atoms with E-state index in [0.29, 0.717) is 24.1 Å². The Balaban J connectivity index is 2.06. The first-order valence-corrected chi connectivity index (χ1v) is 4.59. The van der Waals surface area contributed by atoms with Gasteiger partial charge in [-0.15, -0.1) is 0 Å². The summed E-state index contributed by atoms with van der Waals surface area (Å²) in [4.78, 5) is 3.98. The van der Waals surface area contributed by atoms with Crippen molar-refractivity contribution in [2.45, 2.75) is 12.8 Å². The zero-order chi connectivity index (χ0) is 9.97. The van der Waals surface area contributed by atoms with E-state index < -0.39 is 0 Å². The summed E-state index contributed by atoms with van der Waals surface area (Å²) in [6.45, 7) is 0.696. The molecule has 0 aromatic carbocycles. The summed E-state index contributed by atoms with van der Waals surface area (Å²) in [5.74, 6) is 1.17. The summed E-state index contributed by atoms with van der Waals surface area (Å²) in [5.41, 5.74) is 6.16. The Morgan fingerprint density at radius 3 is 3.00 bits per heavy atom. The standard InChI is InChI=1S/C10H11N3O/c11-5-9-8(12)3-4-10(13-9)14-6-7-1-2-7/h3-4,7H,1-2,6,12H2. The van der Waals surface area contributed by atoms with E-state index in [1.807, 2.05) is 6.07 Å². The van der Waals surface area contributed by atoms with Gasteiger partial charge in [-0.05, 0) is 24.8 Å². The molecule has 4 nitrogen and oxygen atoms in total. The molecule has 1 heterocycles. The maximum atomic E-state index is 8.68. The number of aromatic nitrogens is 1. The highest BCUT2D eigenvalue weighted by Crippen LogP contribution is 2.29. The number of nitriles is 1. The van der Waals surface area contributed by atoms with Crippen LogP contribution in [0.15, 0.2) is 12.1 Å². The van der Waals surface area contributed by atoms with E-state index in [1.54, 1.807) is 12.1 Å². The van der Waals surface area contributed by atoms with E-state index in [0.717, 1.165) is 0 Å². The normalized spacial score (nSPS) is 14.8. The average Bonchev–Trinajstić information content (AvgIpc) is 3.00. The maximum absolute atomic E-state index is 8.68. The third-order valence-electron chi connectivity index (χ3n) is 2.17. The smallest absolute Gasteiger partial charge is 0.214 e. The first-order chi connectivity index (χ1) is 6.79. The van der Waals surface area contributed by atoms with Crippen LogP contribution in [-0.2, 0) is 0 Å². The van der Waals surface area contributed by atoms with Crippen LogP contribution >= 0.6 is 0 Å². The molecule has 1 aromatic rings. The number of hydrogen-bond acceptors (Lipinski definition) is 4. The number of ether oxygens (including phenoxy) is 1. The second-order valence-corrected chi connectivity index (χ2v) is 3.45. The summed E-state index contributed by atoms with van der Waals surface area (Å²) < 4.78 is 5.41. The van der Waals surface area contributed by atoms with Gasteiger partial charge in [0.05, 0.1) is 12.3 Å². The summed E-state index contributed by atoms with van der Waals surface area (Å²) in [6, 6.07) is 5.26. The third-order valence-corrected chi connectivity index (χ3v) is 2.17. The quantitative estimate of drug-likeness (QED) is 0.778. The number of nitrogens with two attached hydrogens (primary N) is 1. The van der Waals surface area contributed by atoms with Crippen LogP contribution in [0.4, 0.5) is 5.69 Å². The molecule has 1 fully saturated rings. The highest BCUT2D eigenvalue weighted by atomic mass is 16.5. The van der Waals surface area contributed by atoms with Crippen LogP contribution < -0.4 is 10.5 Å². The molecule has 0 bridgehead atoms. The van der Waals surface area contributed by atoms with Gasteiger partial charge < -0.3 is 10.5 Å². The molecule has 0 aliphatic heterocycles. The minimum atomic E-state index is 0.235. The van der Waals surface area contributed by atoms with Crippen LogP contribution in [0.3, 0.4) is 0 Å². The lowest BCUT2D eigenvalue weighted by molar-refractivity contribution is 0.288. The highest BCUT2D eigenvalue weighted by molar-refractivity contribution is 5.50. The van der Waals surface area contributed by atoms with Crippen LogP contribution in [-0.4, -0.2) is 11.6 Å². The molecule has 0 spiro atoms. The van der Waals surface area contributed by atoms with Gasteiger partial charge in [-0.25, -0.2) is 4.98 Å². The number of hydrogen-bond donors (Lipinski definition) is 1. The molecule has 0 radical (unpaired) electrons. The van der Waals surface area contributed by atoms with Gasteiger partial charge in [0.15, 0.2) is 5.69 Å². The second-order valence-electron chi connectivity index (χ2n) is 3.45. The molecular weight excluding hydrogens is 178 g/mol. The summed E-state index contributed by atoms with van der Waals surface area (Å²) >= 11 is 0. The lowest BCUT2D eigenvalue weighted by Crippen LogP contribution is -2.02. The molecular formula is C10H11N3O. The Morgan fingerprint density at radius 2 is 2.36 bits per heavy atom. The molecule has 2 N–H and O–H groups in total. The van der Waals surface area contributed by atoms with Crippen molar-refractivity contribution in [2.75, 3.05) is 12.3 Å². The predicted molar refractivity (Wildman–Crippen MR) is 51.6 cm³/mol. The first kappa shape index (κ1) is 8.82. The van der Waals surface area contributed by atoms with Crippen molar-refractivity contribution in [1.82, 2.24) is 4.98 Å². The Bertz CT molecular complexity index is 379. The molecule has 1 saturated carbocycles. The highest BCUT2D eigenvalue weighted by Gasteiger charge is 2.22. The van der Waals surface area contributed by atoms with Crippen molar-refractivity contribution in [3.05, 3.63) is 17.8 Å². The first-order valence-electron chi connectivity index (χ1n) is 4.59. The molecule has 4 heteroatoms. The van der Waals surface area contributed by atoms with Gasteiger partial charge in [0.25, 0.3) is 0 Å². The van der Waals surface area contributed by atoms with Gasteiger partial charge in [-0.2, -0.15) is 5.26 Å². The van der Waals surface area contributed by atoms with Gasteiger partial charge in [-0.3, -0.25) is 0 Å². The van der Waals surface area contributed by atoms with E-state index in [9.17, 15) is 0 Å². The summed E-state index contributed by atoms with van der Waals surface area (Å²) in [6.07, 6.45) is 2.47. The Labute approximate surface area is 82.3 Å². The molecule has 14 heavy (non-hydrogen) atoms. The minimum Gasteiger partial charge on any atom is -0.477 e. The van der Waals surface area contributed by atoms with Crippen molar-refractivity contribution in [2.24, 2.45) is 5.92 Å². The van der Waals surface area contributed by atoms with Gasteiger partial charge in [0, 0.05) is 6.07 Å². The van der Waals surface area contributed by atoms with Crippen molar-refractivity contribution in [3.8, 4) is 11.9 Å². The number of anilines is 1. The number of nitrogen functional groups attached to an aromatic ring is 1. The Kier molecular flexibility index (Phi) is 2.23. The van der Waals surface area contributed by atoms with Crippen LogP contribution in [0.25, 0.3) is 0 Å². The number of rotatable bonds is 3. The molecule has 1 aliphatic carbocycles. The van der Waals surface area contributed by atoms with Crippen LogP contribution in [0.1, 0.15) is 18.5 Å². The molecule has 1 aromatic heterocycles. The predicted octanol–water partition coefficient (Wildman–Crippen LogP) is 1.32. The van der Waals surface area contributed by atoms with Crippen LogP contribution in [0, 0.1) is 17.2 Å². The van der Waals surface area contributed by atoms with Crippen molar-refractivity contribution >= 4 is 5.69 Å². The fourth-order valence-electron chi connectivity index (χ4n) is 1.11. The molecule has 0 unspecified atom stereocenters. The fourth-order valence-corrected chi connectivity index (χ4v) is 1.11. The molecule has 72 valence electrons. The molecule has 1 aliphatic rings. The SMILES string of the molecule is N#Cc1nc(OCC2CC2)ccc1N. The zero-order valence-electron chi connectivity index (χ0n) is 7.73. The Hall–Kier alpha value is -1.76. The number of pyridine rings is 1. The molecule has 0 amide bonds. The minimum absolute atomic E-state index is 0.235. The zero-order valence-corrected chi connectivity index (χ0v) is 7.73. The van der Waals surface area contributed by atoms with Crippen molar-refractivity contribution in [3.63, 3.8) is 0 Å². The van der Waals surface area contributed by atoms with Gasteiger partial charge in [0.1, 0.15) is 6.07 Å². The van der Waals surface area contributed by atoms with E-state index in [2.05, 4.69) is 4.98 Å². The maximum Gasteiger partial charge on any atom is 0.214 e.